The Morgan fingerprint density at radius 1 is 1.71 bits per heavy atom. The monoisotopic (exact) mass is 230 g/mol. The molecule has 0 saturated heterocycles. The highest BCUT2D eigenvalue weighted by atomic mass is 35.5. The predicted octanol–water partition coefficient (Wildman–Crippen LogP) is 2.34. The van der Waals surface area contributed by atoms with E-state index in [1.54, 1.807) is 12.3 Å². The Balaban J connectivity index is 2.75. The van der Waals surface area contributed by atoms with Crippen molar-refractivity contribution in [3.8, 4) is 0 Å². The van der Waals surface area contributed by atoms with Crippen LogP contribution in [0, 0.1) is 6.92 Å². The van der Waals surface area contributed by atoms with E-state index in [0.29, 0.717) is 16.6 Å². The minimum Gasteiger partial charge on any atom is -0.323 e. The minimum absolute atomic E-state index is 0.0631. The van der Waals surface area contributed by atoms with Crippen molar-refractivity contribution in [1.29, 1.82) is 0 Å². The van der Waals surface area contributed by atoms with Gasteiger partial charge in [-0.2, -0.15) is 11.8 Å². The maximum Gasteiger partial charge on any atom is 0.234 e. The number of pyridine rings is 1. The molecule has 1 rings (SSSR count). The molecule has 76 valence electrons. The van der Waals surface area contributed by atoms with Crippen molar-refractivity contribution in [3.05, 3.63) is 23.0 Å². The number of hydrogen-bond donors (Lipinski definition) is 1. The van der Waals surface area contributed by atoms with E-state index in [1.165, 1.54) is 11.8 Å². The Morgan fingerprint density at radius 2 is 2.43 bits per heavy atom. The van der Waals surface area contributed by atoms with Crippen LogP contribution < -0.4 is 5.32 Å². The Bertz CT molecular complexity index is 344. The Morgan fingerprint density at radius 3 is 3.07 bits per heavy atom. The van der Waals surface area contributed by atoms with E-state index < -0.39 is 0 Å². The van der Waals surface area contributed by atoms with Gasteiger partial charge in [0.1, 0.15) is 0 Å². The number of nitrogens with one attached hydrogen (secondary N) is 1. The molecule has 0 bridgehead atoms. The SMILES string of the molecule is CSCC(=O)Nc1cc(C)cnc1Cl. The maximum atomic E-state index is 11.3. The highest BCUT2D eigenvalue weighted by Gasteiger charge is 2.05. The van der Waals surface area contributed by atoms with Crippen LogP contribution in [-0.4, -0.2) is 22.9 Å². The number of amides is 1. The van der Waals surface area contributed by atoms with Crippen LogP contribution in [0.3, 0.4) is 0 Å². The molecule has 0 spiro atoms. The van der Waals surface area contributed by atoms with Crippen molar-refractivity contribution >= 4 is 35.0 Å². The van der Waals surface area contributed by atoms with Crippen molar-refractivity contribution < 1.29 is 4.79 Å². The van der Waals surface area contributed by atoms with Gasteiger partial charge >= 0.3 is 0 Å². The molecule has 1 N–H and O–H groups in total. The van der Waals surface area contributed by atoms with Gasteiger partial charge in [-0.1, -0.05) is 11.6 Å². The lowest BCUT2D eigenvalue weighted by Crippen LogP contribution is -2.14. The quantitative estimate of drug-likeness (QED) is 0.811. The van der Waals surface area contributed by atoms with Crippen LogP contribution in [0.5, 0.6) is 0 Å². The molecule has 0 aliphatic carbocycles. The molecule has 0 atom stereocenters. The van der Waals surface area contributed by atoms with Gasteiger partial charge in [0.05, 0.1) is 11.4 Å². The van der Waals surface area contributed by atoms with Crippen LogP contribution in [0.2, 0.25) is 5.15 Å². The smallest absolute Gasteiger partial charge is 0.234 e. The molecule has 3 nitrogen and oxygen atoms in total. The van der Waals surface area contributed by atoms with Crippen LogP contribution in [0.4, 0.5) is 5.69 Å². The first-order chi connectivity index (χ1) is 6.63. The number of rotatable bonds is 3. The number of aromatic nitrogens is 1. The largest absolute Gasteiger partial charge is 0.323 e. The lowest BCUT2D eigenvalue weighted by molar-refractivity contribution is -0.113. The van der Waals surface area contributed by atoms with Gasteiger partial charge in [-0.05, 0) is 24.8 Å². The summed E-state index contributed by atoms with van der Waals surface area (Å²) >= 11 is 7.27. The average molecular weight is 231 g/mol. The van der Waals surface area contributed by atoms with Crippen molar-refractivity contribution in [2.24, 2.45) is 0 Å². The van der Waals surface area contributed by atoms with Crippen LogP contribution >= 0.6 is 23.4 Å². The average Bonchev–Trinajstić information content (AvgIpc) is 2.12. The van der Waals surface area contributed by atoms with Crippen LogP contribution in [0.25, 0.3) is 0 Å². The van der Waals surface area contributed by atoms with E-state index in [2.05, 4.69) is 10.3 Å². The van der Waals surface area contributed by atoms with E-state index >= 15 is 0 Å². The summed E-state index contributed by atoms with van der Waals surface area (Å²) in [6.07, 6.45) is 3.53. The van der Waals surface area contributed by atoms with Gasteiger partial charge in [-0.15, -0.1) is 0 Å². The summed E-state index contributed by atoms with van der Waals surface area (Å²) < 4.78 is 0. The molecule has 0 aliphatic heterocycles. The number of anilines is 1. The number of carbonyl (C=O) groups is 1. The van der Waals surface area contributed by atoms with E-state index in [-0.39, 0.29) is 5.91 Å². The molecule has 0 radical (unpaired) electrons. The summed E-state index contributed by atoms with van der Waals surface area (Å²) in [6, 6.07) is 1.80. The van der Waals surface area contributed by atoms with E-state index in [4.69, 9.17) is 11.6 Å². The number of carbonyl (C=O) groups excluding carboxylic acids is 1. The third-order valence-electron chi connectivity index (χ3n) is 1.53. The van der Waals surface area contributed by atoms with Gasteiger partial charge in [0.25, 0.3) is 0 Å². The first kappa shape index (κ1) is 11.3. The summed E-state index contributed by atoms with van der Waals surface area (Å²) in [7, 11) is 0. The topological polar surface area (TPSA) is 42.0 Å². The second-order valence-electron chi connectivity index (χ2n) is 2.83. The lowest BCUT2D eigenvalue weighted by Gasteiger charge is -2.06. The van der Waals surface area contributed by atoms with Gasteiger partial charge in [-0.3, -0.25) is 4.79 Å². The van der Waals surface area contributed by atoms with Crippen molar-refractivity contribution in [3.63, 3.8) is 0 Å². The zero-order valence-electron chi connectivity index (χ0n) is 8.00. The molecule has 1 aromatic heterocycles. The second-order valence-corrected chi connectivity index (χ2v) is 4.06. The molecule has 5 heteroatoms. The van der Waals surface area contributed by atoms with Crippen LogP contribution in [0.15, 0.2) is 12.3 Å². The molecule has 0 saturated carbocycles. The first-order valence-corrected chi connectivity index (χ1v) is 5.81. The molecular formula is C9H11ClN2OS. The van der Waals surface area contributed by atoms with E-state index in [9.17, 15) is 4.79 Å². The van der Waals surface area contributed by atoms with Gasteiger partial charge in [0.15, 0.2) is 5.15 Å². The molecule has 14 heavy (non-hydrogen) atoms. The fourth-order valence-electron chi connectivity index (χ4n) is 0.958. The van der Waals surface area contributed by atoms with Gasteiger partial charge in [0, 0.05) is 6.20 Å². The van der Waals surface area contributed by atoms with Gasteiger partial charge in [0.2, 0.25) is 5.91 Å². The Labute approximate surface area is 92.2 Å². The fourth-order valence-corrected chi connectivity index (χ4v) is 1.44. The lowest BCUT2D eigenvalue weighted by atomic mass is 10.3. The molecule has 1 aromatic rings. The minimum atomic E-state index is -0.0631. The number of thioether (sulfide) groups is 1. The fraction of sp³-hybridized carbons (Fsp3) is 0.333. The summed E-state index contributed by atoms with van der Waals surface area (Å²) in [6.45, 7) is 1.90. The van der Waals surface area contributed by atoms with Gasteiger partial charge in [-0.25, -0.2) is 4.98 Å². The van der Waals surface area contributed by atoms with E-state index in [0.717, 1.165) is 5.56 Å². The summed E-state index contributed by atoms with van der Waals surface area (Å²) in [5, 5.41) is 3.02. The molecule has 0 unspecified atom stereocenters. The first-order valence-electron chi connectivity index (χ1n) is 4.04. The Hall–Kier alpha value is -0.740. The van der Waals surface area contributed by atoms with Crippen molar-refractivity contribution in [1.82, 2.24) is 4.98 Å². The normalized spacial score (nSPS) is 9.93. The predicted molar refractivity (Wildman–Crippen MR) is 61.0 cm³/mol. The highest BCUT2D eigenvalue weighted by molar-refractivity contribution is 7.99. The second kappa shape index (κ2) is 5.22. The summed E-state index contributed by atoms with van der Waals surface area (Å²) in [4.78, 5) is 15.2. The summed E-state index contributed by atoms with van der Waals surface area (Å²) in [5.74, 6) is 0.358. The number of aryl methyl sites for hydroxylation is 1. The number of nitrogens with zero attached hydrogens (tertiary/aromatic N) is 1. The zero-order chi connectivity index (χ0) is 10.6. The molecule has 1 amide bonds. The van der Waals surface area contributed by atoms with Crippen molar-refractivity contribution in [2.75, 3.05) is 17.3 Å². The van der Waals surface area contributed by atoms with Crippen LogP contribution in [0.1, 0.15) is 5.56 Å². The van der Waals surface area contributed by atoms with Crippen molar-refractivity contribution in [2.45, 2.75) is 6.92 Å². The van der Waals surface area contributed by atoms with E-state index in [1.807, 2.05) is 13.2 Å². The molecule has 0 aromatic carbocycles. The standard InChI is InChI=1S/C9H11ClN2OS/c1-6-3-7(9(10)11-4-6)12-8(13)5-14-2/h3-4H,5H2,1-2H3,(H,12,13). The molecule has 0 aliphatic rings. The molecule has 1 heterocycles. The summed E-state index contributed by atoms with van der Waals surface area (Å²) in [5.41, 5.74) is 1.54. The molecule has 0 fully saturated rings. The maximum absolute atomic E-state index is 11.3. The Kier molecular flexibility index (Phi) is 4.22. The van der Waals surface area contributed by atoms with Crippen LogP contribution in [-0.2, 0) is 4.79 Å². The number of hydrogen-bond acceptors (Lipinski definition) is 3. The third-order valence-corrected chi connectivity index (χ3v) is 2.38. The third kappa shape index (κ3) is 3.20. The zero-order valence-corrected chi connectivity index (χ0v) is 9.58. The highest BCUT2D eigenvalue weighted by Crippen LogP contribution is 2.19. The molecular weight excluding hydrogens is 220 g/mol. The van der Waals surface area contributed by atoms with Gasteiger partial charge < -0.3 is 5.32 Å². The number of halogens is 1.